The SMILES string of the molecule is COC(=O)C1=C(C)NC(C)=C(C(=O)OC)C1c1ccc(Cl)cc1[N+](=O)[O-]. The number of rotatable bonds is 4. The molecule has 138 valence electrons. The minimum atomic E-state index is -1.03. The van der Waals surface area contributed by atoms with Crippen molar-refractivity contribution in [3.63, 3.8) is 0 Å². The number of benzene rings is 1. The van der Waals surface area contributed by atoms with Crippen LogP contribution in [0.25, 0.3) is 0 Å². The van der Waals surface area contributed by atoms with Crippen LogP contribution in [0.5, 0.6) is 0 Å². The Hall–Kier alpha value is -2.87. The molecule has 0 aromatic heterocycles. The van der Waals surface area contributed by atoms with Crippen molar-refractivity contribution < 1.29 is 24.0 Å². The summed E-state index contributed by atoms with van der Waals surface area (Å²) in [4.78, 5) is 35.7. The lowest BCUT2D eigenvalue weighted by atomic mass is 9.79. The second-order valence-electron chi connectivity index (χ2n) is 5.58. The lowest BCUT2D eigenvalue weighted by molar-refractivity contribution is -0.385. The van der Waals surface area contributed by atoms with Crippen molar-refractivity contribution in [3.05, 3.63) is 61.4 Å². The van der Waals surface area contributed by atoms with Crippen LogP contribution in [0.2, 0.25) is 5.02 Å². The quantitative estimate of drug-likeness (QED) is 0.486. The largest absolute Gasteiger partial charge is 0.466 e. The number of nitro benzene ring substituents is 1. The Morgan fingerprint density at radius 3 is 2.04 bits per heavy atom. The number of nitro groups is 1. The maximum atomic E-state index is 12.4. The van der Waals surface area contributed by atoms with Crippen LogP contribution in [0.3, 0.4) is 0 Å². The fourth-order valence-electron chi connectivity index (χ4n) is 2.99. The van der Waals surface area contributed by atoms with Crippen molar-refractivity contribution in [2.24, 2.45) is 0 Å². The predicted octanol–water partition coefficient (Wildman–Crippen LogP) is 2.83. The van der Waals surface area contributed by atoms with Gasteiger partial charge in [-0.3, -0.25) is 10.1 Å². The number of esters is 2. The van der Waals surface area contributed by atoms with E-state index in [-0.39, 0.29) is 27.4 Å². The third kappa shape index (κ3) is 3.41. The molecule has 0 atom stereocenters. The smallest absolute Gasteiger partial charge is 0.336 e. The molecule has 2 rings (SSSR count). The zero-order chi connectivity index (χ0) is 19.6. The Labute approximate surface area is 154 Å². The van der Waals surface area contributed by atoms with E-state index < -0.39 is 22.8 Å². The number of nitrogens with zero attached hydrogens (tertiary/aromatic N) is 1. The Morgan fingerprint density at radius 2 is 1.62 bits per heavy atom. The van der Waals surface area contributed by atoms with E-state index in [0.29, 0.717) is 11.4 Å². The Balaban J connectivity index is 2.84. The first-order chi connectivity index (χ1) is 12.2. The number of dihydropyridines is 1. The molecule has 9 heteroatoms. The van der Waals surface area contributed by atoms with Gasteiger partial charge in [0.15, 0.2) is 0 Å². The molecule has 0 aliphatic carbocycles. The summed E-state index contributed by atoms with van der Waals surface area (Å²) in [6.07, 6.45) is 0. The zero-order valence-electron chi connectivity index (χ0n) is 14.6. The van der Waals surface area contributed by atoms with Crippen LogP contribution in [0.15, 0.2) is 40.7 Å². The highest BCUT2D eigenvalue weighted by Crippen LogP contribution is 2.43. The maximum Gasteiger partial charge on any atom is 0.336 e. The summed E-state index contributed by atoms with van der Waals surface area (Å²) in [5.41, 5.74) is 0.855. The van der Waals surface area contributed by atoms with E-state index >= 15 is 0 Å². The van der Waals surface area contributed by atoms with Gasteiger partial charge in [-0.15, -0.1) is 0 Å². The van der Waals surface area contributed by atoms with Crippen molar-refractivity contribution in [2.45, 2.75) is 19.8 Å². The molecular formula is C17H17ClN2O6. The summed E-state index contributed by atoms with van der Waals surface area (Å²) < 4.78 is 9.65. The molecule has 0 saturated heterocycles. The zero-order valence-corrected chi connectivity index (χ0v) is 15.3. The molecule has 0 bridgehead atoms. The molecule has 1 heterocycles. The molecule has 26 heavy (non-hydrogen) atoms. The van der Waals surface area contributed by atoms with E-state index in [1.54, 1.807) is 13.8 Å². The number of methoxy groups -OCH3 is 2. The van der Waals surface area contributed by atoms with Crippen LogP contribution < -0.4 is 5.32 Å². The number of carbonyl (C=O) groups excluding carboxylic acids is 2. The molecule has 0 amide bonds. The van der Waals surface area contributed by atoms with Crippen LogP contribution in [0.1, 0.15) is 25.3 Å². The first-order valence-corrected chi connectivity index (χ1v) is 7.89. The molecule has 0 radical (unpaired) electrons. The molecular weight excluding hydrogens is 364 g/mol. The minimum Gasteiger partial charge on any atom is -0.466 e. The number of carbonyl (C=O) groups is 2. The second-order valence-corrected chi connectivity index (χ2v) is 6.02. The fraction of sp³-hybridized carbons (Fsp3) is 0.294. The summed E-state index contributed by atoms with van der Waals surface area (Å²) in [5, 5.41) is 14.6. The highest BCUT2D eigenvalue weighted by Gasteiger charge is 2.40. The summed E-state index contributed by atoms with van der Waals surface area (Å²) in [7, 11) is 2.39. The predicted molar refractivity (Wildman–Crippen MR) is 93.4 cm³/mol. The van der Waals surface area contributed by atoms with Crippen molar-refractivity contribution in [3.8, 4) is 0 Å². The van der Waals surface area contributed by atoms with E-state index in [1.165, 1.54) is 32.4 Å². The van der Waals surface area contributed by atoms with E-state index in [0.717, 1.165) is 0 Å². The van der Waals surface area contributed by atoms with Gasteiger partial charge in [-0.2, -0.15) is 0 Å². The Kier molecular flexibility index (Phi) is 5.66. The average Bonchev–Trinajstić information content (AvgIpc) is 2.59. The van der Waals surface area contributed by atoms with Crippen LogP contribution >= 0.6 is 11.6 Å². The third-order valence-electron chi connectivity index (χ3n) is 4.07. The molecule has 8 nitrogen and oxygen atoms in total. The van der Waals surface area contributed by atoms with E-state index in [4.69, 9.17) is 21.1 Å². The van der Waals surface area contributed by atoms with Gasteiger partial charge in [0.05, 0.1) is 36.2 Å². The van der Waals surface area contributed by atoms with E-state index in [2.05, 4.69) is 5.32 Å². The molecule has 1 aromatic carbocycles. The molecule has 1 aliphatic rings. The highest BCUT2D eigenvalue weighted by atomic mass is 35.5. The average molecular weight is 381 g/mol. The molecule has 0 spiro atoms. The molecule has 0 unspecified atom stereocenters. The first-order valence-electron chi connectivity index (χ1n) is 7.51. The topological polar surface area (TPSA) is 108 Å². The fourth-order valence-corrected chi connectivity index (χ4v) is 3.15. The van der Waals surface area contributed by atoms with Gasteiger partial charge in [0.1, 0.15) is 0 Å². The number of hydrogen-bond acceptors (Lipinski definition) is 7. The lowest BCUT2D eigenvalue weighted by Crippen LogP contribution is -2.32. The van der Waals surface area contributed by atoms with Gasteiger partial charge in [0.2, 0.25) is 0 Å². The number of nitrogens with one attached hydrogen (secondary N) is 1. The summed E-state index contributed by atoms with van der Waals surface area (Å²) in [5.74, 6) is -2.45. The Bertz CT molecular complexity index is 821. The molecule has 1 aliphatic heterocycles. The Morgan fingerprint density at radius 1 is 1.12 bits per heavy atom. The summed E-state index contributed by atoms with van der Waals surface area (Å²) >= 11 is 5.89. The summed E-state index contributed by atoms with van der Waals surface area (Å²) in [6, 6.07) is 4.05. The highest BCUT2D eigenvalue weighted by molar-refractivity contribution is 6.30. The normalized spacial score (nSPS) is 14.8. The van der Waals surface area contributed by atoms with Crippen molar-refractivity contribution in [1.29, 1.82) is 0 Å². The molecule has 0 saturated carbocycles. The first kappa shape index (κ1) is 19.5. The van der Waals surface area contributed by atoms with Gasteiger partial charge < -0.3 is 14.8 Å². The van der Waals surface area contributed by atoms with Crippen molar-refractivity contribution in [1.82, 2.24) is 5.32 Å². The van der Waals surface area contributed by atoms with Gasteiger partial charge in [-0.05, 0) is 26.0 Å². The van der Waals surface area contributed by atoms with E-state index in [9.17, 15) is 19.7 Å². The van der Waals surface area contributed by atoms with Gasteiger partial charge in [-0.1, -0.05) is 11.6 Å². The minimum absolute atomic E-state index is 0.0870. The molecule has 1 aromatic rings. The van der Waals surface area contributed by atoms with Crippen LogP contribution in [-0.4, -0.2) is 31.1 Å². The van der Waals surface area contributed by atoms with E-state index in [1.807, 2.05) is 0 Å². The summed E-state index contributed by atoms with van der Waals surface area (Å²) in [6.45, 7) is 3.25. The van der Waals surface area contributed by atoms with Crippen LogP contribution in [-0.2, 0) is 19.1 Å². The van der Waals surface area contributed by atoms with Gasteiger partial charge in [-0.25, -0.2) is 9.59 Å². The van der Waals surface area contributed by atoms with Crippen molar-refractivity contribution in [2.75, 3.05) is 14.2 Å². The van der Waals surface area contributed by atoms with Gasteiger partial charge >= 0.3 is 11.9 Å². The third-order valence-corrected chi connectivity index (χ3v) is 4.31. The number of allylic oxidation sites excluding steroid dienone is 2. The molecule has 0 fully saturated rings. The monoisotopic (exact) mass is 380 g/mol. The van der Waals surface area contributed by atoms with Crippen molar-refractivity contribution >= 4 is 29.2 Å². The number of halogens is 1. The maximum absolute atomic E-state index is 12.4. The standard InChI is InChI=1S/C17H17ClN2O6/c1-8-13(16(21)25-3)15(14(9(2)19-8)17(22)26-4)11-6-5-10(18)7-12(11)20(23)24/h5-7,15,19H,1-4H3. The van der Waals surface area contributed by atoms with Crippen LogP contribution in [0, 0.1) is 10.1 Å². The lowest BCUT2D eigenvalue weighted by Gasteiger charge is -2.29. The number of ether oxygens (including phenoxy) is 2. The van der Waals surface area contributed by atoms with Crippen LogP contribution in [0.4, 0.5) is 5.69 Å². The number of hydrogen-bond donors (Lipinski definition) is 1. The second kappa shape index (κ2) is 7.57. The van der Waals surface area contributed by atoms with Gasteiger partial charge in [0, 0.05) is 28.0 Å². The molecule has 1 N–H and O–H groups in total. The van der Waals surface area contributed by atoms with Gasteiger partial charge in [0.25, 0.3) is 5.69 Å².